The number of carbonyl (C=O) groups is 1. The van der Waals surface area contributed by atoms with Crippen LogP contribution in [0, 0.1) is 6.92 Å². The van der Waals surface area contributed by atoms with Gasteiger partial charge in [-0.1, -0.05) is 23.4 Å². The van der Waals surface area contributed by atoms with Crippen molar-refractivity contribution in [3.63, 3.8) is 0 Å². The summed E-state index contributed by atoms with van der Waals surface area (Å²) in [5, 5.41) is 7.79. The molecule has 0 radical (unpaired) electrons. The highest BCUT2D eigenvalue weighted by molar-refractivity contribution is 5.91. The molecule has 0 saturated carbocycles. The number of nitrogens with one attached hydrogen (secondary N) is 2. The van der Waals surface area contributed by atoms with E-state index in [0.29, 0.717) is 18.3 Å². The average Bonchev–Trinajstić information content (AvgIpc) is 3.21. The lowest BCUT2D eigenvalue weighted by molar-refractivity contribution is -0.117. The van der Waals surface area contributed by atoms with Gasteiger partial charge in [-0.3, -0.25) is 15.0 Å². The molecule has 1 aliphatic rings. The van der Waals surface area contributed by atoms with E-state index in [1.807, 2.05) is 6.92 Å². The van der Waals surface area contributed by atoms with Gasteiger partial charge in [-0.25, -0.2) is 0 Å². The van der Waals surface area contributed by atoms with Crippen LogP contribution in [0.4, 0.5) is 5.88 Å². The number of likely N-dealkylation sites (tertiary alicyclic amines) is 1. The first-order valence-corrected chi connectivity index (χ1v) is 8.70. The van der Waals surface area contributed by atoms with Gasteiger partial charge in [0, 0.05) is 23.2 Å². The van der Waals surface area contributed by atoms with E-state index in [-0.39, 0.29) is 5.91 Å². The number of piperidine rings is 1. The number of nitrogens with zero attached hydrogens (tertiary/aromatic N) is 2. The summed E-state index contributed by atoms with van der Waals surface area (Å²) in [4.78, 5) is 17.8. The number of H-pyrrole nitrogens is 1. The molecular formula is C19H22N4O2. The van der Waals surface area contributed by atoms with Gasteiger partial charge in [0.2, 0.25) is 11.8 Å². The number of hydrogen-bond acceptors (Lipinski definition) is 4. The smallest absolute Gasteiger partial charge is 0.240 e. The minimum Gasteiger partial charge on any atom is -0.358 e. The molecule has 1 fully saturated rings. The van der Waals surface area contributed by atoms with Gasteiger partial charge in [-0.2, -0.15) is 0 Å². The van der Waals surface area contributed by atoms with Crippen LogP contribution in [0.15, 0.2) is 40.9 Å². The first-order chi connectivity index (χ1) is 12.2. The second kappa shape index (κ2) is 6.72. The molecule has 130 valence electrons. The van der Waals surface area contributed by atoms with E-state index in [0.717, 1.165) is 31.6 Å². The summed E-state index contributed by atoms with van der Waals surface area (Å²) >= 11 is 0. The Morgan fingerprint density at radius 1 is 1.32 bits per heavy atom. The van der Waals surface area contributed by atoms with Crippen LogP contribution in [-0.4, -0.2) is 40.6 Å². The molecule has 3 aromatic rings. The molecule has 25 heavy (non-hydrogen) atoms. The lowest BCUT2D eigenvalue weighted by atomic mass is 9.93. The molecule has 0 atom stereocenters. The molecule has 1 amide bonds. The number of anilines is 1. The Kier molecular flexibility index (Phi) is 4.28. The summed E-state index contributed by atoms with van der Waals surface area (Å²) in [6, 6.07) is 12.4. The number of para-hydroxylation sites is 1. The molecule has 2 N–H and O–H groups in total. The fourth-order valence-electron chi connectivity index (χ4n) is 3.52. The normalized spacial score (nSPS) is 16.4. The summed E-state index contributed by atoms with van der Waals surface area (Å²) in [6.45, 7) is 4.05. The first kappa shape index (κ1) is 15.9. The molecule has 1 aliphatic heterocycles. The van der Waals surface area contributed by atoms with Crippen molar-refractivity contribution in [2.45, 2.75) is 25.7 Å². The monoisotopic (exact) mass is 338 g/mol. The molecule has 4 rings (SSSR count). The van der Waals surface area contributed by atoms with Crippen molar-refractivity contribution in [1.82, 2.24) is 15.0 Å². The number of aryl methyl sites for hydroxylation is 1. The average molecular weight is 338 g/mol. The van der Waals surface area contributed by atoms with Crippen LogP contribution < -0.4 is 5.32 Å². The lowest BCUT2D eigenvalue weighted by Gasteiger charge is -2.30. The number of amides is 1. The van der Waals surface area contributed by atoms with Crippen LogP contribution >= 0.6 is 0 Å². The first-order valence-electron chi connectivity index (χ1n) is 8.70. The van der Waals surface area contributed by atoms with E-state index in [2.05, 4.69) is 50.7 Å². The summed E-state index contributed by atoms with van der Waals surface area (Å²) < 4.78 is 5.02. The maximum atomic E-state index is 12.1. The van der Waals surface area contributed by atoms with Crippen molar-refractivity contribution in [3.8, 4) is 0 Å². The topological polar surface area (TPSA) is 74.2 Å². The highest BCUT2D eigenvalue weighted by Crippen LogP contribution is 2.29. The third kappa shape index (κ3) is 3.58. The molecule has 0 bridgehead atoms. The predicted molar refractivity (Wildman–Crippen MR) is 96.6 cm³/mol. The van der Waals surface area contributed by atoms with Crippen molar-refractivity contribution in [3.05, 3.63) is 47.8 Å². The van der Waals surface area contributed by atoms with Gasteiger partial charge in [-0.15, -0.1) is 0 Å². The van der Waals surface area contributed by atoms with Crippen molar-refractivity contribution in [1.29, 1.82) is 0 Å². The van der Waals surface area contributed by atoms with Crippen molar-refractivity contribution < 1.29 is 9.32 Å². The molecule has 3 heterocycles. The van der Waals surface area contributed by atoms with Gasteiger partial charge in [-0.05, 0) is 50.4 Å². The Morgan fingerprint density at radius 3 is 2.84 bits per heavy atom. The maximum Gasteiger partial charge on any atom is 0.240 e. The Labute approximate surface area is 146 Å². The van der Waals surface area contributed by atoms with Gasteiger partial charge in [0.25, 0.3) is 0 Å². The number of aromatic nitrogens is 2. The third-order valence-electron chi connectivity index (χ3n) is 4.84. The Balaban J connectivity index is 1.31. The van der Waals surface area contributed by atoms with Crippen LogP contribution in [0.1, 0.15) is 30.1 Å². The van der Waals surface area contributed by atoms with E-state index >= 15 is 0 Å². The zero-order chi connectivity index (χ0) is 17.2. The molecule has 0 unspecified atom stereocenters. The van der Waals surface area contributed by atoms with E-state index in [9.17, 15) is 4.79 Å². The van der Waals surface area contributed by atoms with E-state index in [1.165, 1.54) is 16.6 Å². The second-order valence-corrected chi connectivity index (χ2v) is 6.74. The second-order valence-electron chi connectivity index (χ2n) is 6.74. The van der Waals surface area contributed by atoms with E-state index in [4.69, 9.17) is 4.52 Å². The van der Waals surface area contributed by atoms with Crippen LogP contribution in [0.25, 0.3) is 10.9 Å². The number of carbonyl (C=O) groups excluding carboxylic acids is 1. The van der Waals surface area contributed by atoms with Gasteiger partial charge >= 0.3 is 0 Å². The van der Waals surface area contributed by atoms with E-state index < -0.39 is 0 Å². The minimum absolute atomic E-state index is 0.0554. The number of aromatic amines is 1. The fraction of sp³-hybridized carbons (Fsp3) is 0.368. The van der Waals surface area contributed by atoms with Gasteiger partial charge in [0.15, 0.2) is 0 Å². The number of rotatable bonds is 4. The number of benzene rings is 1. The zero-order valence-corrected chi connectivity index (χ0v) is 14.3. The summed E-state index contributed by atoms with van der Waals surface area (Å²) in [5.41, 5.74) is 3.26. The highest BCUT2D eigenvalue weighted by Gasteiger charge is 2.23. The van der Waals surface area contributed by atoms with Gasteiger partial charge in [0.05, 0.1) is 12.2 Å². The minimum atomic E-state index is -0.0554. The van der Waals surface area contributed by atoms with Crippen LogP contribution in [0.5, 0.6) is 0 Å². The largest absolute Gasteiger partial charge is 0.358 e. The molecular weight excluding hydrogens is 316 g/mol. The van der Waals surface area contributed by atoms with Crippen LogP contribution in [0.3, 0.4) is 0 Å². The molecule has 6 heteroatoms. The summed E-state index contributed by atoms with van der Waals surface area (Å²) in [7, 11) is 0. The molecule has 1 saturated heterocycles. The highest BCUT2D eigenvalue weighted by atomic mass is 16.5. The molecule has 1 aromatic carbocycles. The third-order valence-corrected chi connectivity index (χ3v) is 4.84. The van der Waals surface area contributed by atoms with Gasteiger partial charge < -0.3 is 9.51 Å². The van der Waals surface area contributed by atoms with Crippen molar-refractivity contribution >= 4 is 22.7 Å². The van der Waals surface area contributed by atoms with Crippen LogP contribution in [-0.2, 0) is 4.79 Å². The molecule has 0 spiro atoms. The number of fused-ring (bicyclic) bond motifs is 1. The quantitative estimate of drug-likeness (QED) is 0.765. The van der Waals surface area contributed by atoms with Gasteiger partial charge in [0.1, 0.15) is 0 Å². The zero-order valence-electron chi connectivity index (χ0n) is 14.3. The van der Waals surface area contributed by atoms with Crippen molar-refractivity contribution in [2.75, 3.05) is 25.0 Å². The van der Waals surface area contributed by atoms with E-state index in [1.54, 1.807) is 6.07 Å². The SMILES string of the molecule is Cc1cc(NC(=O)CN2CCC(c3cc4ccccc4[nH]3)CC2)on1. The molecule has 2 aromatic heterocycles. The Bertz CT molecular complexity index is 841. The summed E-state index contributed by atoms with van der Waals surface area (Å²) in [6.07, 6.45) is 2.11. The summed E-state index contributed by atoms with van der Waals surface area (Å²) in [5.74, 6) is 0.888. The molecule has 6 nitrogen and oxygen atoms in total. The lowest BCUT2D eigenvalue weighted by Crippen LogP contribution is -2.38. The standard InChI is InChI=1S/C19H22N4O2/c1-13-10-19(25-22-13)21-18(24)12-23-8-6-14(7-9-23)17-11-15-4-2-3-5-16(15)20-17/h2-5,10-11,14,20H,6-9,12H2,1H3,(H,21,24). The number of hydrogen-bond donors (Lipinski definition) is 2. The fourth-order valence-corrected chi connectivity index (χ4v) is 3.52. The molecule has 0 aliphatic carbocycles. The van der Waals surface area contributed by atoms with Crippen LogP contribution in [0.2, 0.25) is 0 Å². The van der Waals surface area contributed by atoms with Crippen molar-refractivity contribution in [2.24, 2.45) is 0 Å². The Hall–Kier alpha value is -2.60. The Morgan fingerprint density at radius 2 is 2.12 bits per heavy atom. The maximum absolute atomic E-state index is 12.1. The predicted octanol–water partition coefficient (Wildman–Crippen LogP) is 3.28.